The van der Waals surface area contributed by atoms with Crippen LogP contribution in [0, 0.1) is 0 Å². The molecule has 1 aliphatic rings. The maximum atomic E-state index is 12.7. The van der Waals surface area contributed by atoms with Crippen molar-refractivity contribution in [3.8, 4) is 0 Å². The van der Waals surface area contributed by atoms with Crippen molar-refractivity contribution in [1.82, 2.24) is 0 Å². The van der Waals surface area contributed by atoms with E-state index in [1.165, 1.54) is 0 Å². The van der Waals surface area contributed by atoms with Gasteiger partial charge in [-0.2, -0.15) is 0 Å². The standard InChI is InChI=1S/C24H22N2O3/c1-2-28-24(27)22-21(18-12-6-3-7-13-18)25-23(19-14-8-4-9-15-19)26(29-22)20-16-10-5-11-17-20/h3-17,22-23H,2H2,1H3. The number of rotatable bonds is 5. The summed E-state index contributed by atoms with van der Waals surface area (Å²) in [5.74, 6) is -0.456. The van der Waals surface area contributed by atoms with Gasteiger partial charge in [-0.3, -0.25) is 4.99 Å². The molecule has 0 radical (unpaired) electrons. The van der Waals surface area contributed by atoms with Crippen LogP contribution in [0.15, 0.2) is 96.0 Å². The topological polar surface area (TPSA) is 51.1 Å². The van der Waals surface area contributed by atoms with E-state index in [0.717, 1.165) is 16.8 Å². The summed E-state index contributed by atoms with van der Waals surface area (Å²) >= 11 is 0. The fourth-order valence-corrected chi connectivity index (χ4v) is 3.29. The first kappa shape index (κ1) is 18.9. The van der Waals surface area contributed by atoms with Gasteiger partial charge in [0, 0.05) is 0 Å². The summed E-state index contributed by atoms with van der Waals surface area (Å²) in [5.41, 5.74) is 3.17. The Kier molecular flexibility index (Phi) is 5.68. The van der Waals surface area contributed by atoms with Gasteiger partial charge in [0.05, 0.1) is 18.0 Å². The van der Waals surface area contributed by atoms with Gasteiger partial charge in [-0.25, -0.2) is 14.7 Å². The number of carbonyl (C=O) groups is 1. The summed E-state index contributed by atoms with van der Waals surface area (Å²) in [4.78, 5) is 24.0. The molecule has 146 valence electrons. The fraction of sp³-hybridized carbons (Fsp3) is 0.167. The van der Waals surface area contributed by atoms with Gasteiger partial charge >= 0.3 is 5.97 Å². The lowest BCUT2D eigenvalue weighted by Crippen LogP contribution is -2.47. The van der Waals surface area contributed by atoms with Crippen molar-refractivity contribution in [2.45, 2.75) is 19.2 Å². The van der Waals surface area contributed by atoms with Crippen molar-refractivity contribution < 1.29 is 14.4 Å². The van der Waals surface area contributed by atoms with Crippen molar-refractivity contribution >= 4 is 17.4 Å². The highest BCUT2D eigenvalue weighted by atomic mass is 16.7. The molecule has 0 amide bonds. The Labute approximate surface area is 170 Å². The average Bonchev–Trinajstić information content (AvgIpc) is 2.80. The molecule has 0 spiro atoms. The average molecular weight is 386 g/mol. The molecule has 0 aromatic heterocycles. The fourth-order valence-electron chi connectivity index (χ4n) is 3.29. The quantitative estimate of drug-likeness (QED) is 0.603. The Balaban J connectivity index is 1.85. The van der Waals surface area contributed by atoms with Crippen molar-refractivity contribution in [2.75, 3.05) is 11.7 Å². The minimum atomic E-state index is -0.947. The van der Waals surface area contributed by atoms with E-state index in [4.69, 9.17) is 14.6 Å². The van der Waals surface area contributed by atoms with E-state index < -0.39 is 18.2 Å². The lowest BCUT2D eigenvalue weighted by atomic mass is 10.0. The molecule has 0 bridgehead atoms. The lowest BCUT2D eigenvalue weighted by Gasteiger charge is -2.37. The summed E-state index contributed by atoms with van der Waals surface area (Å²) in [5, 5.41) is 1.68. The van der Waals surface area contributed by atoms with E-state index in [-0.39, 0.29) is 6.61 Å². The van der Waals surface area contributed by atoms with E-state index in [9.17, 15) is 4.79 Å². The van der Waals surface area contributed by atoms with Crippen molar-refractivity contribution in [1.29, 1.82) is 0 Å². The van der Waals surface area contributed by atoms with Gasteiger partial charge in [0.25, 0.3) is 0 Å². The van der Waals surface area contributed by atoms with Crippen LogP contribution < -0.4 is 5.06 Å². The second kappa shape index (κ2) is 8.71. The number of ether oxygens (including phenoxy) is 1. The van der Waals surface area contributed by atoms with Gasteiger partial charge in [-0.05, 0) is 30.2 Å². The third-order valence-electron chi connectivity index (χ3n) is 4.63. The molecule has 2 unspecified atom stereocenters. The first-order valence-corrected chi connectivity index (χ1v) is 9.63. The molecule has 5 nitrogen and oxygen atoms in total. The van der Waals surface area contributed by atoms with E-state index in [1.54, 1.807) is 12.0 Å². The highest BCUT2D eigenvalue weighted by Crippen LogP contribution is 2.34. The summed E-state index contributed by atoms with van der Waals surface area (Å²) in [6.07, 6.45) is -1.38. The number of hydroxylamine groups is 1. The molecule has 2 atom stereocenters. The van der Waals surface area contributed by atoms with Crippen molar-refractivity contribution in [3.63, 3.8) is 0 Å². The maximum Gasteiger partial charge on any atom is 0.344 e. The molecule has 5 heteroatoms. The lowest BCUT2D eigenvalue weighted by molar-refractivity contribution is -0.154. The third-order valence-corrected chi connectivity index (χ3v) is 4.63. The van der Waals surface area contributed by atoms with Crippen LogP contribution in [0.5, 0.6) is 0 Å². The van der Waals surface area contributed by atoms with Gasteiger partial charge < -0.3 is 4.74 Å². The number of aliphatic imine (C=N–C) groups is 1. The van der Waals surface area contributed by atoms with Crippen LogP contribution in [0.4, 0.5) is 5.69 Å². The molecule has 0 saturated heterocycles. The Morgan fingerprint density at radius 2 is 1.52 bits per heavy atom. The number of carbonyl (C=O) groups excluding carboxylic acids is 1. The van der Waals surface area contributed by atoms with Crippen LogP contribution in [0.3, 0.4) is 0 Å². The van der Waals surface area contributed by atoms with Crippen LogP contribution in [0.1, 0.15) is 24.2 Å². The number of para-hydroxylation sites is 1. The second-order valence-corrected chi connectivity index (χ2v) is 6.56. The summed E-state index contributed by atoms with van der Waals surface area (Å²) < 4.78 is 5.29. The van der Waals surface area contributed by atoms with Gasteiger partial charge in [0.2, 0.25) is 6.10 Å². The molecule has 3 aromatic carbocycles. The Hall–Kier alpha value is -3.44. The van der Waals surface area contributed by atoms with Gasteiger partial charge in [-0.1, -0.05) is 78.9 Å². The molecule has 1 aliphatic heterocycles. The summed E-state index contributed by atoms with van der Waals surface area (Å²) in [6.45, 7) is 2.05. The number of hydrogen-bond acceptors (Lipinski definition) is 5. The van der Waals surface area contributed by atoms with Crippen molar-refractivity contribution in [3.05, 3.63) is 102 Å². The van der Waals surface area contributed by atoms with Gasteiger partial charge in [0.1, 0.15) is 0 Å². The van der Waals surface area contributed by atoms with E-state index in [2.05, 4.69) is 0 Å². The molecular weight excluding hydrogens is 364 g/mol. The van der Waals surface area contributed by atoms with Crippen LogP contribution in [0.2, 0.25) is 0 Å². The van der Waals surface area contributed by atoms with Gasteiger partial charge in [0.15, 0.2) is 6.17 Å². The summed E-state index contributed by atoms with van der Waals surface area (Å²) in [7, 11) is 0. The largest absolute Gasteiger partial charge is 0.464 e. The molecule has 3 aromatic rings. The predicted octanol–water partition coefficient (Wildman–Crippen LogP) is 4.56. The molecule has 0 saturated carbocycles. The second-order valence-electron chi connectivity index (χ2n) is 6.56. The predicted molar refractivity (Wildman–Crippen MR) is 113 cm³/mol. The van der Waals surface area contributed by atoms with Crippen molar-refractivity contribution in [2.24, 2.45) is 4.99 Å². The molecular formula is C24H22N2O3. The zero-order chi connectivity index (χ0) is 20.1. The molecule has 0 fully saturated rings. The number of nitrogens with zero attached hydrogens (tertiary/aromatic N) is 2. The first-order chi connectivity index (χ1) is 14.3. The SMILES string of the molecule is CCOC(=O)C1ON(c2ccccc2)C(c2ccccc2)N=C1c1ccccc1. The van der Waals surface area contributed by atoms with Crippen LogP contribution >= 0.6 is 0 Å². The highest BCUT2D eigenvalue weighted by molar-refractivity contribution is 6.14. The molecule has 0 N–H and O–H groups in total. The van der Waals surface area contributed by atoms with E-state index in [0.29, 0.717) is 5.71 Å². The van der Waals surface area contributed by atoms with E-state index >= 15 is 0 Å². The number of esters is 1. The third kappa shape index (κ3) is 4.05. The zero-order valence-electron chi connectivity index (χ0n) is 16.1. The Morgan fingerprint density at radius 3 is 2.14 bits per heavy atom. The number of benzene rings is 3. The normalized spacial score (nSPS) is 18.8. The zero-order valence-corrected chi connectivity index (χ0v) is 16.1. The smallest absolute Gasteiger partial charge is 0.344 e. The van der Waals surface area contributed by atoms with Crippen LogP contribution in [0.25, 0.3) is 0 Å². The maximum absolute atomic E-state index is 12.7. The molecule has 1 heterocycles. The van der Waals surface area contributed by atoms with Crippen LogP contribution in [-0.2, 0) is 14.4 Å². The minimum absolute atomic E-state index is 0.272. The molecule has 4 rings (SSSR count). The number of anilines is 1. The Bertz CT molecular complexity index is 975. The Morgan fingerprint density at radius 1 is 0.931 bits per heavy atom. The molecule has 29 heavy (non-hydrogen) atoms. The molecule has 0 aliphatic carbocycles. The summed E-state index contributed by atoms with van der Waals surface area (Å²) in [6, 6.07) is 29.2. The van der Waals surface area contributed by atoms with E-state index in [1.807, 2.05) is 91.0 Å². The monoisotopic (exact) mass is 386 g/mol. The van der Waals surface area contributed by atoms with Crippen LogP contribution in [-0.4, -0.2) is 24.4 Å². The number of hydrogen-bond donors (Lipinski definition) is 0. The highest BCUT2D eigenvalue weighted by Gasteiger charge is 2.38. The first-order valence-electron chi connectivity index (χ1n) is 9.63. The van der Waals surface area contributed by atoms with Gasteiger partial charge in [-0.15, -0.1) is 0 Å². The minimum Gasteiger partial charge on any atom is -0.464 e.